The van der Waals surface area contributed by atoms with Gasteiger partial charge in [-0.25, -0.2) is 28.8 Å². The molecule has 0 aliphatic heterocycles. The number of carbonyl (C=O) groups excluding carboxylic acids is 5. The summed E-state index contributed by atoms with van der Waals surface area (Å²) in [5.41, 5.74) is 6.78. The predicted octanol–water partition coefficient (Wildman–Crippen LogP) is 9.38. The molecule has 2 aromatic heterocycles. The van der Waals surface area contributed by atoms with Gasteiger partial charge in [-0.15, -0.1) is 0 Å². The van der Waals surface area contributed by atoms with Crippen LogP contribution in [0.4, 0.5) is 5.69 Å². The van der Waals surface area contributed by atoms with Gasteiger partial charge in [-0.05, 0) is 77.9 Å². The minimum atomic E-state index is -1.21. The molecule has 6 rings (SSSR count). The molecule has 0 spiro atoms. The van der Waals surface area contributed by atoms with Gasteiger partial charge in [0.15, 0.2) is 16.8 Å². The SMILES string of the molecule is C.C.C.C.CCOC(=O)C(=CNc1ccccc1)C(=O)OCC.CCOC(=O)c1c[nH]c2ccccc2c1=O.CCOC=C(C(=O)OCC)C(=O)OCC.NC1=CC=CC=[C+]1.O=C(O)c1c[nH]c2ccccc2c1=O. The lowest BCUT2D eigenvalue weighted by atomic mass is 10.1. The molecule has 75 heavy (non-hydrogen) atoms. The lowest BCUT2D eigenvalue weighted by molar-refractivity contribution is -0.148. The van der Waals surface area contributed by atoms with Crippen LogP contribution in [0.1, 0.15) is 92.0 Å². The zero-order chi connectivity index (χ0) is 52.6. The van der Waals surface area contributed by atoms with Crippen molar-refractivity contribution in [1.82, 2.24) is 9.97 Å². The van der Waals surface area contributed by atoms with Crippen LogP contribution in [0.15, 0.2) is 154 Å². The number of pyridine rings is 2. The number of ether oxygens (including phenoxy) is 6. The molecular weight excluding hydrogens is 969 g/mol. The number of esters is 5. The third-order valence-electron chi connectivity index (χ3n) is 8.54. The van der Waals surface area contributed by atoms with Crippen molar-refractivity contribution in [2.24, 2.45) is 5.73 Å². The number of allylic oxidation sites excluding steroid dienone is 5. The standard InChI is InChI=1S/C14H17NO4.C12H11NO3.C10H7NO3.C10H16O5.C6H6N.4CH4/c1-3-18-13(16)12(14(17)19-4-2)10-15-11-8-6-5-7-9-11;1-2-16-12(15)9-7-13-10-6-4-3-5-8(10)11(9)14;12-9-6-3-1-2-4-8(6)11-5-7(9)10(13)14;1-4-13-7-8(9(11)14-5-2)10(12)15-6-3;7-6-4-2-1-3-5-6;;;;/h5-10,15H,3-4H2,1-2H3;3-7H,2H2,1H3,(H,13,14);1-5H,(H,11,12)(H,13,14);7H,4-6H2,1-3H3;1-4H,7H2;4*1H4/q;;;;+1;;;;. The zero-order valence-corrected chi connectivity index (χ0v) is 40.1. The van der Waals surface area contributed by atoms with Gasteiger partial charge in [0.25, 0.3) is 0 Å². The largest absolute Gasteiger partial charge is 0.500 e. The van der Waals surface area contributed by atoms with E-state index in [1.165, 1.54) is 18.6 Å². The fourth-order valence-corrected chi connectivity index (χ4v) is 5.33. The molecule has 19 nitrogen and oxygen atoms in total. The minimum absolute atomic E-state index is 0. The third-order valence-corrected chi connectivity index (χ3v) is 8.54. The Hall–Kier alpha value is -9.09. The Morgan fingerprint density at radius 2 is 1.00 bits per heavy atom. The number of aromatic carboxylic acids is 1. The summed E-state index contributed by atoms with van der Waals surface area (Å²) in [6, 6.07) is 23.0. The number of para-hydroxylation sites is 3. The number of hydrogen-bond acceptors (Lipinski definition) is 16. The van der Waals surface area contributed by atoms with E-state index in [-0.39, 0.29) is 90.4 Å². The molecule has 0 unspecified atom stereocenters. The summed E-state index contributed by atoms with van der Waals surface area (Å²) >= 11 is 0. The van der Waals surface area contributed by atoms with Crippen molar-refractivity contribution in [2.75, 3.05) is 45.0 Å². The number of carboxylic acid groups (broad SMARTS) is 1. The highest BCUT2D eigenvalue weighted by molar-refractivity contribution is 6.14. The zero-order valence-electron chi connectivity index (χ0n) is 40.1. The maximum Gasteiger partial charge on any atom is 0.348 e. The number of carboxylic acids is 1. The first-order valence-corrected chi connectivity index (χ1v) is 22.0. The molecular formula is C56H73N4O15+. The van der Waals surface area contributed by atoms with Crippen molar-refractivity contribution in [3.05, 3.63) is 183 Å². The van der Waals surface area contributed by atoms with E-state index >= 15 is 0 Å². The molecule has 19 heteroatoms. The summed E-state index contributed by atoms with van der Waals surface area (Å²) in [4.78, 5) is 97.2. The van der Waals surface area contributed by atoms with Crippen LogP contribution in [0.3, 0.4) is 0 Å². The van der Waals surface area contributed by atoms with Crippen molar-refractivity contribution < 1.29 is 62.3 Å². The van der Waals surface area contributed by atoms with Gasteiger partial charge < -0.3 is 54.5 Å². The van der Waals surface area contributed by atoms with Gasteiger partial charge in [-0.3, -0.25) is 9.59 Å². The summed E-state index contributed by atoms with van der Waals surface area (Å²) in [6.45, 7) is 11.5. The molecule has 3 aromatic carbocycles. The number of aromatic nitrogens is 2. The van der Waals surface area contributed by atoms with Crippen LogP contribution in [0, 0.1) is 6.08 Å². The van der Waals surface area contributed by atoms with E-state index in [9.17, 15) is 38.4 Å². The van der Waals surface area contributed by atoms with E-state index in [0.717, 1.165) is 11.9 Å². The van der Waals surface area contributed by atoms with Crippen molar-refractivity contribution in [1.29, 1.82) is 0 Å². The summed E-state index contributed by atoms with van der Waals surface area (Å²) in [7, 11) is 0. The number of H-pyrrole nitrogens is 2. The smallest absolute Gasteiger partial charge is 0.348 e. The van der Waals surface area contributed by atoms with Crippen molar-refractivity contribution in [2.45, 2.75) is 71.2 Å². The van der Waals surface area contributed by atoms with Gasteiger partial charge in [0.1, 0.15) is 23.5 Å². The van der Waals surface area contributed by atoms with Gasteiger partial charge in [0.2, 0.25) is 10.9 Å². The predicted molar refractivity (Wildman–Crippen MR) is 293 cm³/mol. The summed E-state index contributed by atoms with van der Waals surface area (Å²) < 4.78 is 28.7. The van der Waals surface area contributed by atoms with Crippen LogP contribution >= 0.6 is 0 Å². The summed E-state index contributed by atoms with van der Waals surface area (Å²) in [5.74, 6) is -4.67. The van der Waals surface area contributed by atoms with E-state index in [2.05, 4.69) is 30.8 Å². The Labute approximate surface area is 438 Å². The fraction of sp³-hybridized carbons (Fsp3) is 0.286. The number of rotatable bonds is 15. The molecule has 0 fully saturated rings. The number of fused-ring (bicyclic) bond motifs is 2. The van der Waals surface area contributed by atoms with E-state index in [1.807, 2.05) is 48.6 Å². The number of carbonyl (C=O) groups is 6. The Morgan fingerprint density at radius 3 is 1.40 bits per heavy atom. The van der Waals surface area contributed by atoms with E-state index < -0.39 is 41.2 Å². The van der Waals surface area contributed by atoms with Crippen LogP contribution in [0.2, 0.25) is 0 Å². The highest BCUT2D eigenvalue weighted by atomic mass is 16.6. The van der Waals surface area contributed by atoms with Gasteiger partial charge in [0, 0.05) is 52.2 Å². The minimum Gasteiger partial charge on any atom is -0.500 e. The number of anilines is 1. The molecule has 1 aliphatic carbocycles. The molecule has 0 saturated heterocycles. The number of nitrogens with one attached hydrogen (secondary N) is 3. The number of benzene rings is 3. The lowest BCUT2D eigenvalue weighted by Gasteiger charge is -2.07. The summed E-state index contributed by atoms with van der Waals surface area (Å²) in [5, 5.41) is 12.5. The van der Waals surface area contributed by atoms with Gasteiger partial charge in [-0.2, -0.15) is 0 Å². The highest BCUT2D eigenvalue weighted by Crippen LogP contribution is 2.10. The molecule has 0 radical (unpaired) electrons. The van der Waals surface area contributed by atoms with E-state index in [1.54, 1.807) is 96.2 Å². The van der Waals surface area contributed by atoms with E-state index in [4.69, 9.17) is 29.8 Å². The molecule has 406 valence electrons. The maximum atomic E-state index is 11.9. The monoisotopic (exact) mass is 1040 g/mol. The molecule has 5 aromatic rings. The van der Waals surface area contributed by atoms with Crippen LogP contribution in [0.5, 0.6) is 0 Å². The first-order valence-electron chi connectivity index (χ1n) is 22.0. The van der Waals surface area contributed by atoms with Crippen molar-refractivity contribution >= 4 is 63.3 Å². The Balaban J connectivity index is -0.000000871. The lowest BCUT2D eigenvalue weighted by Crippen LogP contribution is -2.19. The van der Waals surface area contributed by atoms with Gasteiger partial charge in [-0.1, -0.05) is 72.2 Å². The number of nitrogens with two attached hydrogens (primary N) is 1. The normalized spacial score (nSPS) is 9.76. The second-order valence-electron chi connectivity index (χ2n) is 13.4. The first-order chi connectivity index (χ1) is 34.2. The third kappa shape index (κ3) is 24.3. The van der Waals surface area contributed by atoms with Crippen LogP contribution < -0.4 is 21.9 Å². The average Bonchev–Trinajstić information content (AvgIpc) is 3.36. The maximum absolute atomic E-state index is 11.9. The van der Waals surface area contributed by atoms with Crippen molar-refractivity contribution in [3.63, 3.8) is 0 Å². The molecule has 6 N–H and O–H groups in total. The molecule has 0 bridgehead atoms. The Bertz CT molecular complexity index is 2800. The highest BCUT2D eigenvalue weighted by Gasteiger charge is 2.22. The van der Waals surface area contributed by atoms with Crippen molar-refractivity contribution in [3.8, 4) is 0 Å². The molecule has 2 heterocycles. The quantitative estimate of drug-likeness (QED) is 0.0124. The second-order valence-corrected chi connectivity index (χ2v) is 13.4. The van der Waals surface area contributed by atoms with Crippen LogP contribution in [-0.2, 0) is 47.6 Å². The number of aromatic amines is 2. The molecule has 0 atom stereocenters. The average molecular weight is 1040 g/mol. The first kappa shape index (κ1) is 70.2. The van der Waals surface area contributed by atoms with Crippen LogP contribution in [0.25, 0.3) is 21.8 Å². The van der Waals surface area contributed by atoms with E-state index in [0.29, 0.717) is 34.1 Å². The van der Waals surface area contributed by atoms with Crippen LogP contribution in [-0.4, -0.2) is 90.5 Å². The molecule has 0 saturated carbocycles. The summed E-state index contributed by atoms with van der Waals surface area (Å²) in [6.07, 6.45) is 15.1. The Kier molecular flexibility index (Phi) is 37.0. The molecule has 1 aliphatic rings. The number of hydrogen-bond donors (Lipinski definition) is 5. The van der Waals surface area contributed by atoms with Gasteiger partial charge >= 0.3 is 35.8 Å². The second kappa shape index (κ2) is 39.5. The Morgan fingerprint density at radius 1 is 0.573 bits per heavy atom. The molecule has 0 amide bonds. The van der Waals surface area contributed by atoms with Gasteiger partial charge in [0.05, 0.1) is 57.9 Å². The topological polar surface area (TPSA) is 282 Å². The fourth-order valence-electron chi connectivity index (χ4n) is 5.33.